The first-order chi connectivity index (χ1) is 13.8. The molecule has 1 aliphatic heterocycles. The second kappa shape index (κ2) is 8.53. The Morgan fingerprint density at radius 3 is 2.39 bits per heavy atom. The molecule has 4 rings (SSSR count). The van der Waals surface area contributed by atoms with Gasteiger partial charge in [0.25, 0.3) is 0 Å². The van der Waals surface area contributed by atoms with Gasteiger partial charge in [-0.25, -0.2) is 4.68 Å². The molecule has 1 aromatic heterocycles. The van der Waals surface area contributed by atoms with Gasteiger partial charge >= 0.3 is 0 Å². The summed E-state index contributed by atoms with van der Waals surface area (Å²) >= 11 is 5.57. The number of hydrogen-bond acceptors (Lipinski definition) is 6. The van der Waals surface area contributed by atoms with Crippen LogP contribution in [0.4, 0.5) is 5.69 Å². The maximum Gasteiger partial charge on any atom is 0.221 e. The molecule has 1 fully saturated rings. The van der Waals surface area contributed by atoms with E-state index in [0.29, 0.717) is 18.0 Å². The van der Waals surface area contributed by atoms with Gasteiger partial charge in [0.05, 0.1) is 24.7 Å². The minimum Gasteiger partial charge on any atom is -0.492 e. The van der Waals surface area contributed by atoms with Gasteiger partial charge in [0.2, 0.25) is 4.77 Å². The second-order valence-corrected chi connectivity index (χ2v) is 7.02. The fourth-order valence-electron chi connectivity index (χ4n) is 3.41. The highest BCUT2D eigenvalue weighted by molar-refractivity contribution is 7.71. The number of nitrogens with zero attached hydrogens (tertiary/aromatic N) is 6. The van der Waals surface area contributed by atoms with Gasteiger partial charge < -0.3 is 9.64 Å². The Morgan fingerprint density at radius 1 is 0.929 bits per heavy atom. The number of rotatable bonds is 6. The smallest absolute Gasteiger partial charge is 0.221 e. The zero-order chi connectivity index (χ0) is 19.3. The van der Waals surface area contributed by atoms with Crippen molar-refractivity contribution in [3.05, 3.63) is 59.4 Å². The minimum absolute atomic E-state index is 0.607. The second-order valence-electron chi connectivity index (χ2n) is 6.66. The van der Waals surface area contributed by atoms with Gasteiger partial charge in [0.1, 0.15) is 5.75 Å². The van der Waals surface area contributed by atoms with Crippen LogP contribution < -0.4 is 9.64 Å². The number of tetrazole rings is 1. The lowest BCUT2D eigenvalue weighted by Gasteiger charge is -2.36. The van der Waals surface area contributed by atoms with Crippen LogP contribution in [0.25, 0.3) is 5.69 Å². The molecule has 146 valence electrons. The number of anilines is 1. The van der Waals surface area contributed by atoms with E-state index in [1.54, 1.807) is 9.36 Å². The van der Waals surface area contributed by atoms with Crippen molar-refractivity contribution in [2.45, 2.75) is 13.6 Å². The summed E-state index contributed by atoms with van der Waals surface area (Å²) in [6, 6.07) is 18.1. The van der Waals surface area contributed by atoms with E-state index >= 15 is 0 Å². The van der Waals surface area contributed by atoms with Crippen LogP contribution in [0.2, 0.25) is 0 Å². The van der Waals surface area contributed by atoms with Crippen molar-refractivity contribution >= 4 is 17.9 Å². The number of aromatic nitrogens is 4. The molecule has 2 aromatic carbocycles. The third kappa shape index (κ3) is 3.93. The summed E-state index contributed by atoms with van der Waals surface area (Å²) in [5, 5.41) is 8.47. The van der Waals surface area contributed by atoms with Crippen molar-refractivity contribution in [2.24, 2.45) is 0 Å². The van der Waals surface area contributed by atoms with Gasteiger partial charge in [-0.15, -0.1) is 0 Å². The molecule has 2 heterocycles. The molecule has 0 bridgehead atoms. The molecule has 0 amide bonds. The van der Waals surface area contributed by atoms with Gasteiger partial charge in [-0.1, -0.05) is 30.3 Å². The molecule has 28 heavy (non-hydrogen) atoms. The van der Waals surface area contributed by atoms with Crippen molar-refractivity contribution in [1.29, 1.82) is 0 Å². The van der Waals surface area contributed by atoms with E-state index in [0.717, 1.165) is 43.3 Å². The van der Waals surface area contributed by atoms with Crippen LogP contribution in [0.3, 0.4) is 0 Å². The maximum absolute atomic E-state index is 5.78. The van der Waals surface area contributed by atoms with E-state index in [1.165, 1.54) is 0 Å². The van der Waals surface area contributed by atoms with E-state index in [1.807, 2.05) is 49.4 Å². The third-order valence-electron chi connectivity index (χ3n) is 4.85. The lowest BCUT2D eigenvalue weighted by atomic mass is 10.2. The number of ether oxygens (including phenoxy) is 1. The third-order valence-corrected chi connectivity index (χ3v) is 5.24. The van der Waals surface area contributed by atoms with E-state index < -0.39 is 0 Å². The molecule has 8 heteroatoms. The molecule has 0 spiro atoms. The quantitative estimate of drug-likeness (QED) is 0.597. The van der Waals surface area contributed by atoms with Crippen LogP contribution in [0, 0.1) is 4.77 Å². The number of hydrogen-bond donors (Lipinski definition) is 0. The van der Waals surface area contributed by atoms with Crippen molar-refractivity contribution in [3.63, 3.8) is 0 Å². The summed E-state index contributed by atoms with van der Waals surface area (Å²) in [4.78, 5) is 4.72. The Labute approximate surface area is 169 Å². The summed E-state index contributed by atoms with van der Waals surface area (Å²) in [6.45, 7) is 7.06. The Bertz CT molecular complexity index is 962. The average Bonchev–Trinajstić information content (AvgIpc) is 3.10. The molecular weight excluding hydrogens is 372 g/mol. The van der Waals surface area contributed by atoms with Crippen molar-refractivity contribution in [1.82, 2.24) is 24.7 Å². The monoisotopic (exact) mass is 396 g/mol. The lowest BCUT2D eigenvalue weighted by molar-refractivity contribution is 0.192. The molecular formula is C20H24N6OS. The Balaban J connectivity index is 1.41. The van der Waals surface area contributed by atoms with E-state index in [9.17, 15) is 0 Å². The fourth-order valence-corrected chi connectivity index (χ4v) is 3.65. The first-order valence-electron chi connectivity index (χ1n) is 9.53. The van der Waals surface area contributed by atoms with E-state index in [4.69, 9.17) is 17.0 Å². The lowest BCUT2D eigenvalue weighted by Crippen LogP contribution is -2.47. The highest BCUT2D eigenvalue weighted by Gasteiger charge is 2.20. The van der Waals surface area contributed by atoms with Crippen LogP contribution in [0.15, 0.2) is 54.6 Å². The Hall–Kier alpha value is -2.71. The predicted molar refractivity (Wildman–Crippen MR) is 112 cm³/mol. The Kier molecular flexibility index (Phi) is 5.68. The van der Waals surface area contributed by atoms with Gasteiger partial charge in [-0.3, -0.25) is 4.90 Å². The standard InChI is InChI=1S/C20H24N6OS/c1-2-27-19-11-7-6-10-18(19)24-14-12-23(13-15-24)16-25-20(28)26(22-21-25)17-8-4-3-5-9-17/h3-11H,2,12-16H2,1H3. The number of benzene rings is 2. The predicted octanol–water partition coefficient (Wildman–Crippen LogP) is 2.98. The van der Waals surface area contributed by atoms with Gasteiger partial charge in [-0.2, -0.15) is 4.68 Å². The van der Waals surface area contributed by atoms with Gasteiger partial charge in [0, 0.05) is 26.2 Å². The van der Waals surface area contributed by atoms with E-state index in [-0.39, 0.29) is 0 Å². The summed E-state index contributed by atoms with van der Waals surface area (Å²) in [6.07, 6.45) is 0. The molecule has 0 unspecified atom stereocenters. The van der Waals surface area contributed by atoms with Crippen LogP contribution >= 0.6 is 12.2 Å². The molecule has 0 saturated carbocycles. The molecule has 0 radical (unpaired) electrons. The molecule has 1 saturated heterocycles. The highest BCUT2D eigenvalue weighted by Crippen LogP contribution is 2.28. The van der Waals surface area contributed by atoms with Crippen molar-refractivity contribution in [3.8, 4) is 11.4 Å². The van der Waals surface area contributed by atoms with Crippen molar-refractivity contribution < 1.29 is 4.74 Å². The number of para-hydroxylation sites is 3. The molecule has 1 aliphatic rings. The largest absolute Gasteiger partial charge is 0.492 e. The first kappa shape index (κ1) is 18.6. The summed E-state index contributed by atoms with van der Waals surface area (Å²) in [5.74, 6) is 0.950. The SMILES string of the molecule is CCOc1ccccc1N1CCN(Cn2nnn(-c3ccccc3)c2=S)CC1. The van der Waals surface area contributed by atoms with Gasteiger partial charge in [-0.05, 0) is 53.8 Å². The highest BCUT2D eigenvalue weighted by atomic mass is 32.1. The molecule has 0 aliphatic carbocycles. The number of piperazine rings is 1. The van der Waals surface area contributed by atoms with Crippen LogP contribution in [-0.2, 0) is 6.67 Å². The molecule has 0 atom stereocenters. The zero-order valence-electron chi connectivity index (χ0n) is 15.9. The molecule has 7 nitrogen and oxygen atoms in total. The summed E-state index contributed by atoms with van der Waals surface area (Å²) in [7, 11) is 0. The average molecular weight is 397 g/mol. The van der Waals surface area contributed by atoms with Crippen LogP contribution in [-0.4, -0.2) is 57.5 Å². The Morgan fingerprint density at radius 2 is 1.64 bits per heavy atom. The van der Waals surface area contributed by atoms with Crippen molar-refractivity contribution in [2.75, 3.05) is 37.7 Å². The first-order valence-corrected chi connectivity index (χ1v) is 9.94. The van der Waals surface area contributed by atoms with E-state index in [2.05, 4.69) is 32.4 Å². The molecule has 3 aromatic rings. The maximum atomic E-state index is 5.78. The van der Waals surface area contributed by atoms with Gasteiger partial charge in [0.15, 0.2) is 0 Å². The van der Waals surface area contributed by atoms with Crippen LogP contribution in [0.1, 0.15) is 6.92 Å². The summed E-state index contributed by atoms with van der Waals surface area (Å²) < 4.78 is 9.87. The fraction of sp³-hybridized carbons (Fsp3) is 0.350. The zero-order valence-corrected chi connectivity index (χ0v) is 16.8. The normalized spacial score (nSPS) is 15.0. The van der Waals surface area contributed by atoms with Crippen LogP contribution in [0.5, 0.6) is 5.75 Å². The molecule has 0 N–H and O–H groups in total. The summed E-state index contributed by atoms with van der Waals surface area (Å²) in [5.41, 5.74) is 2.09. The minimum atomic E-state index is 0.607. The topological polar surface area (TPSA) is 51.4 Å².